The normalized spacial score (nSPS) is 37.6. The molecule has 106 valence electrons. The molecule has 1 fully saturated rings. The molecule has 1 rings (SSSR count). The van der Waals surface area contributed by atoms with Gasteiger partial charge in [-0.1, -0.05) is 23.2 Å². The fourth-order valence-electron chi connectivity index (χ4n) is 1.37. The minimum Gasteiger partial charge on any atom is -0.479 e. The highest BCUT2D eigenvalue weighted by Gasteiger charge is 2.48. The summed E-state index contributed by atoms with van der Waals surface area (Å²) in [5, 5.41) is 36.9. The summed E-state index contributed by atoms with van der Waals surface area (Å²) in [6, 6.07) is 0. The van der Waals surface area contributed by atoms with Crippen molar-refractivity contribution in [2.75, 3.05) is 6.61 Å². The maximum atomic E-state index is 12.7. The maximum absolute atomic E-state index is 12.7. The van der Waals surface area contributed by atoms with E-state index >= 15 is 0 Å². The number of rotatable bonds is 4. The van der Waals surface area contributed by atoms with E-state index in [2.05, 4.69) is 9.47 Å². The summed E-state index contributed by atoms with van der Waals surface area (Å²) in [6.07, 6.45) is -8.96. The summed E-state index contributed by atoms with van der Waals surface area (Å²) in [5.41, 5.74) is 0. The van der Waals surface area contributed by atoms with Crippen LogP contribution in [0.3, 0.4) is 0 Å². The molecule has 1 aliphatic rings. The lowest BCUT2D eigenvalue weighted by molar-refractivity contribution is -0.295. The number of ether oxygens (including phenoxy) is 2. The van der Waals surface area contributed by atoms with Crippen molar-refractivity contribution < 1.29 is 39.1 Å². The van der Waals surface area contributed by atoms with E-state index in [0.29, 0.717) is 0 Å². The van der Waals surface area contributed by atoms with Gasteiger partial charge in [-0.2, -0.15) is 0 Å². The van der Waals surface area contributed by atoms with E-state index in [1.807, 2.05) is 0 Å². The predicted octanol–water partition coefficient (Wildman–Crippen LogP) is -1.00. The molecular weight excluding hydrogens is 298 g/mol. The molecule has 0 spiro atoms. The Bertz CT molecular complexity index is 310. The number of alkyl halides is 3. The van der Waals surface area contributed by atoms with Crippen LogP contribution in [0.4, 0.5) is 4.39 Å². The van der Waals surface area contributed by atoms with Crippen molar-refractivity contribution in [3.63, 3.8) is 0 Å². The van der Waals surface area contributed by atoms with Crippen LogP contribution in [0.15, 0.2) is 0 Å². The van der Waals surface area contributed by atoms with Crippen LogP contribution in [0.5, 0.6) is 0 Å². The molecule has 0 bridgehead atoms. The molecule has 0 saturated carbocycles. The van der Waals surface area contributed by atoms with Gasteiger partial charge in [0, 0.05) is 0 Å². The minimum absolute atomic E-state index is 0.924. The van der Waals surface area contributed by atoms with E-state index in [9.17, 15) is 24.5 Å². The largest absolute Gasteiger partial charge is 0.479 e. The summed E-state index contributed by atoms with van der Waals surface area (Å²) in [7, 11) is 0. The Kier molecular flexibility index (Phi) is 5.13. The number of halogens is 3. The molecule has 0 unspecified atom stereocenters. The lowest BCUT2D eigenvalue weighted by Gasteiger charge is -2.38. The fraction of sp³-hybridized carbons (Fsp3) is 0.875. The molecule has 7 nitrogen and oxygen atoms in total. The molecule has 10 heteroatoms. The molecule has 0 aliphatic carbocycles. The van der Waals surface area contributed by atoms with E-state index < -0.39 is 47.9 Å². The molecule has 0 amide bonds. The van der Waals surface area contributed by atoms with Crippen molar-refractivity contribution >= 4 is 29.2 Å². The van der Waals surface area contributed by atoms with Gasteiger partial charge in [0.1, 0.15) is 24.9 Å². The highest BCUT2D eigenvalue weighted by Crippen LogP contribution is 2.27. The van der Waals surface area contributed by atoms with Crippen molar-refractivity contribution in [2.45, 2.75) is 35.3 Å². The SMILES string of the molecule is O=C(O)[C@H]1O[C@@H](OCC(F)(Cl)Cl)[C@H](O)[C@@H](O)[C@@H]1O. The predicted molar refractivity (Wildman–Crippen MR) is 55.8 cm³/mol. The molecule has 5 atom stereocenters. The van der Waals surface area contributed by atoms with E-state index in [-0.39, 0.29) is 0 Å². The molecule has 1 saturated heterocycles. The second-order valence-corrected chi connectivity index (χ2v) is 5.05. The molecular formula is C8H11Cl2FO7. The maximum Gasteiger partial charge on any atom is 0.335 e. The number of aliphatic carboxylic acids is 1. The molecule has 4 N–H and O–H groups in total. The van der Waals surface area contributed by atoms with Gasteiger partial charge < -0.3 is 29.9 Å². The zero-order chi connectivity index (χ0) is 14.1. The second-order valence-electron chi connectivity index (χ2n) is 3.66. The summed E-state index contributed by atoms with van der Waals surface area (Å²) in [5.74, 6) is -1.58. The summed E-state index contributed by atoms with van der Waals surface area (Å²) < 4.78 is 19.3. The van der Waals surface area contributed by atoms with Crippen molar-refractivity contribution in [1.29, 1.82) is 0 Å². The second kappa shape index (κ2) is 5.83. The van der Waals surface area contributed by atoms with Crippen LogP contribution in [0.1, 0.15) is 0 Å². The zero-order valence-corrected chi connectivity index (χ0v) is 10.3. The monoisotopic (exact) mass is 308 g/mol. The minimum atomic E-state index is -2.76. The molecule has 0 aromatic carbocycles. The standard InChI is InChI=1S/C8H11Cl2FO7/c9-8(10,11)1-17-7-4(14)2(12)3(13)5(18-7)6(15)16/h2-5,7,12-14H,1H2,(H,15,16)/t2-,3-,4+,5-,7+/m0/s1. The summed E-state index contributed by atoms with van der Waals surface area (Å²) in [6.45, 7) is -0.924. The first-order chi connectivity index (χ1) is 8.13. The van der Waals surface area contributed by atoms with Gasteiger partial charge in [-0.15, -0.1) is 0 Å². The van der Waals surface area contributed by atoms with Gasteiger partial charge in [-0.3, -0.25) is 0 Å². The van der Waals surface area contributed by atoms with Crippen molar-refractivity contribution in [2.24, 2.45) is 0 Å². The van der Waals surface area contributed by atoms with Gasteiger partial charge in [0.25, 0.3) is 4.59 Å². The molecule has 0 aromatic heterocycles. The third-order valence-corrected chi connectivity index (χ3v) is 2.44. The number of hydrogen-bond acceptors (Lipinski definition) is 6. The van der Waals surface area contributed by atoms with Crippen LogP contribution < -0.4 is 0 Å². The number of aliphatic hydroxyl groups is 3. The first kappa shape index (κ1) is 15.8. The smallest absolute Gasteiger partial charge is 0.335 e. The highest BCUT2D eigenvalue weighted by molar-refractivity contribution is 6.47. The lowest BCUT2D eigenvalue weighted by atomic mass is 9.99. The van der Waals surface area contributed by atoms with Crippen molar-refractivity contribution in [1.82, 2.24) is 0 Å². The van der Waals surface area contributed by atoms with Gasteiger partial charge in [0.2, 0.25) is 0 Å². The molecule has 0 aromatic rings. The van der Waals surface area contributed by atoms with Crippen molar-refractivity contribution in [3.8, 4) is 0 Å². The Morgan fingerprint density at radius 3 is 2.28 bits per heavy atom. The van der Waals surface area contributed by atoms with Crippen LogP contribution in [0.25, 0.3) is 0 Å². The van der Waals surface area contributed by atoms with Crippen LogP contribution in [-0.4, -0.2) is 68.3 Å². The first-order valence-corrected chi connectivity index (χ1v) is 5.50. The Morgan fingerprint density at radius 1 is 1.28 bits per heavy atom. The average Bonchev–Trinajstić information content (AvgIpc) is 2.23. The van der Waals surface area contributed by atoms with Gasteiger partial charge in [-0.25, -0.2) is 9.18 Å². The zero-order valence-electron chi connectivity index (χ0n) is 8.74. The number of aliphatic hydroxyl groups excluding tert-OH is 3. The lowest BCUT2D eigenvalue weighted by Crippen LogP contribution is -2.60. The van der Waals surface area contributed by atoms with E-state index in [0.717, 1.165) is 0 Å². The Labute approximate surface area is 111 Å². The highest BCUT2D eigenvalue weighted by atomic mass is 35.5. The number of carboxylic acids is 1. The molecule has 0 radical (unpaired) electrons. The van der Waals surface area contributed by atoms with Gasteiger partial charge >= 0.3 is 5.97 Å². The van der Waals surface area contributed by atoms with Gasteiger partial charge in [0.05, 0.1) is 0 Å². The number of carboxylic acid groups (broad SMARTS) is 1. The molecule has 1 heterocycles. The van der Waals surface area contributed by atoms with E-state index in [1.165, 1.54) is 0 Å². The first-order valence-electron chi connectivity index (χ1n) is 4.74. The Balaban J connectivity index is 2.70. The average molecular weight is 309 g/mol. The third-order valence-electron chi connectivity index (χ3n) is 2.22. The van der Waals surface area contributed by atoms with Crippen LogP contribution in [-0.2, 0) is 14.3 Å². The quantitative estimate of drug-likeness (QED) is 0.492. The van der Waals surface area contributed by atoms with Crippen LogP contribution in [0, 0.1) is 0 Å². The van der Waals surface area contributed by atoms with Gasteiger partial charge in [-0.05, 0) is 0 Å². The third kappa shape index (κ3) is 3.89. The van der Waals surface area contributed by atoms with E-state index in [4.69, 9.17) is 28.3 Å². The fourth-order valence-corrected chi connectivity index (χ4v) is 1.49. The van der Waals surface area contributed by atoms with E-state index in [1.54, 1.807) is 0 Å². The Morgan fingerprint density at radius 2 is 1.83 bits per heavy atom. The molecule has 18 heavy (non-hydrogen) atoms. The Hall–Kier alpha value is -0.220. The van der Waals surface area contributed by atoms with Crippen LogP contribution >= 0.6 is 23.2 Å². The van der Waals surface area contributed by atoms with Gasteiger partial charge in [0.15, 0.2) is 12.4 Å². The summed E-state index contributed by atoms with van der Waals surface area (Å²) >= 11 is 9.94. The van der Waals surface area contributed by atoms with Crippen LogP contribution in [0.2, 0.25) is 0 Å². The van der Waals surface area contributed by atoms with Crippen molar-refractivity contribution in [3.05, 3.63) is 0 Å². The topological polar surface area (TPSA) is 116 Å². The summed E-state index contributed by atoms with van der Waals surface area (Å²) in [4.78, 5) is 10.7. The number of carbonyl (C=O) groups is 1. The molecule has 1 aliphatic heterocycles. The number of hydrogen-bond donors (Lipinski definition) is 4.